The SMILES string of the molecule is COC(=O)[C@@H]1CN(C(=O)OC(C)(C)C)CC[C@@H]1NCc1ccccc1. The number of amides is 1. The number of likely N-dealkylation sites (tertiary alicyclic amines) is 1. The molecule has 2 rings (SSSR count). The number of rotatable bonds is 4. The van der Waals surface area contributed by atoms with Gasteiger partial charge in [0.2, 0.25) is 0 Å². The summed E-state index contributed by atoms with van der Waals surface area (Å²) in [7, 11) is 1.38. The molecule has 1 heterocycles. The van der Waals surface area contributed by atoms with Crippen molar-refractivity contribution in [1.29, 1.82) is 0 Å². The van der Waals surface area contributed by atoms with Crippen molar-refractivity contribution in [2.45, 2.75) is 45.4 Å². The minimum atomic E-state index is -0.555. The summed E-state index contributed by atoms with van der Waals surface area (Å²) in [5, 5.41) is 3.43. The van der Waals surface area contributed by atoms with Crippen LogP contribution in [-0.4, -0.2) is 48.8 Å². The van der Waals surface area contributed by atoms with Gasteiger partial charge < -0.3 is 19.7 Å². The monoisotopic (exact) mass is 348 g/mol. The van der Waals surface area contributed by atoms with Crippen molar-refractivity contribution in [3.05, 3.63) is 35.9 Å². The van der Waals surface area contributed by atoms with Crippen LogP contribution in [0.1, 0.15) is 32.8 Å². The molecule has 1 aromatic carbocycles. The van der Waals surface area contributed by atoms with E-state index in [1.807, 2.05) is 51.1 Å². The summed E-state index contributed by atoms with van der Waals surface area (Å²) in [6, 6.07) is 9.98. The van der Waals surface area contributed by atoms with Crippen LogP contribution in [0.5, 0.6) is 0 Å². The Hall–Kier alpha value is -2.08. The number of nitrogens with one attached hydrogen (secondary N) is 1. The van der Waals surface area contributed by atoms with Crippen molar-refractivity contribution in [3.8, 4) is 0 Å². The molecule has 0 unspecified atom stereocenters. The zero-order chi connectivity index (χ0) is 18.4. The van der Waals surface area contributed by atoms with Gasteiger partial charge in [0, 0.05) is 25.7 Å². The summed E-state index contributed by atoms with van der Waals surface area (Å²) in [4.78, 5) is 26.1. The van der Waals surface area contributed by atoms with E-state index in [9.17, 15) is 9.59 Å². The quantitative estimate of drug-likeness (QED) is 0.847. The smallest absolute Gasteiger partial charge is 0.410 e. The van der Waals surface area contributed by atoms with Gasteiger partial charge >= 0.3 is 12.1 Å². The maximum atomic E-state index is 12.3. The number of piperidine rings is 1. The standard InChI is InChI=1S/C19H28N2O4/c1-19(2,3)25-18(23)21-11-10-16(15(13-21)17(22)24-4)20-12-14-8-6-5-7-9-14/h5-9,15-16,20H,10-13H2,1-4H3/t15-,16+/m1/s1. The molecule has 6 nitrogen and oxygen atoms in total. The molecule has 1 aliphatic rings. The highest BCUT2D eigenvalue weighted by atomic mass is 16.6. The van der Waals surface area contributed by atoms with E-state index in [1.54, 1.807) is 4.90 Å². The van der Waals surface area contributed by atoms with Gasteiger partial charge in [-0.05, 0) is 32.8 Å². The minimum absolute atomic E-state index is 0.0358. The van der Waals surface area contributed by atoms with E-state index in [0.717, 1.165) is 5.56 Å². The van der Waals surface area contributed by atoms with Crippen LogP contribution < -0.4 is 5.32 Å². The second kappa shape index (κ2) is 8.34. The molecule has 0 spiro atoms. The van der Waals surface area contributed by atoms with Crippen molar-refractivity contribution in [1.82, 2.24) is 10.2 Å². The van der Waals surface area contributed by atoms with E-state index in [2.05, 4.69) is 5.32 Å². The predicted molar refractivity (Wildman–Crippen MR) is 95.0 cm³/mol. The molecular formula is C19H28N2O4. The lowest BCUT2D eigenvalue weighted by molar-refractivity contribution is -0.148. The number of ether oxygens (including phenoxy) is 2. The summed E-state index contributed by atoms with van der Waals surface area (Å²) < 4.78 is 10.4. The van der Waals surface area contributed by atoms with Gasteiger partial charge in [-0.3, -0.25) is 4.79 Å². The molecule has 1 amide bonds. The number of benzene rings is 1. The highest BCUT2D eigenvalue weighted by Crippen LogP contribution is 2.21. The number of hydrogen-bond acceptors (Lipinski definition) is 5. The Labute approximate surface area is 149 Å². The summed E-state index contributed by atoms with van der Waals surface area (Å²) >= 11 is 0. The molecule has 0 saturated carbocycles. The average molecular weight is 348 g/mol. The van der Waals surface area contributed by atoms with Crippen LogP contribution >= 0.6 is 0 Å². The van der Waals surface area contributed by atoms with Crippen LogP contribution in [0.15, 0.2) is 30.3 Å². The van der Waals surface area contributed by atoms with Gasteiger partial charge in [0.15, 0.2) is 0 Å². The van der Waals surface area contributed by atoms with Gasteiger partial charge in [0.1, 0.15) is 5.60 Å². The van der Waals surface area contributed by atoms with E-state index in [0.29, 0.717) is 26.1 Å². The fraction of sp³-hybridized carbons (Fsp3) is 0.579. The van der Waals surface area contributed by atoms with Gasteiger partial charge in [0.05, 0.1) is 13.0 Å². The number of esters is 1. The van der Waals surface area contributed by atoms with Crippen LogP contribution in [0.3, 0.4) is 0 Å². The fourth-order valence-electron chi connectivity index (χ4n) is 2.92. The summed E-state index contributed by atoms with van der Waals surface area (Å²) in [5.74, 6) is -0.714. The third-order valence-corrected chi connectivity index (χ3v) is 4.18. The van der Waals surface area contributed by atoms with E-state index < -0.39 is 11.5 Å². The molecule has 0 bridgehead atoms. The second-order valence-electron chi connectivity index (χ2n) is 7.32. The largest absolute Gasteiger partial charge is 0.469 e. The first-order chi connectivity index (χ1) is 11.8. The minimum Gasteiger partial charge on any atom is -0.469 e. The normalized spacial score (nSPS) is 20.9. The molecular weight excluding hydrogens is 320 g/mol. The van der Waals surface area contributed by atoms with E-state index in [1.165, 1.54) is 7.11 Å². The van der Waals surface area contributed by atoms with Crippen molar-refractivity contribution < 1.29 is 19.1 Å². The van der Waals surface area contributed by atoms with Crippen LogP contribution in [0.25, 0.3) is 0 Å². The summed E-state index contributed by atoms with van der Waals surface area (Å²) in [6.45, 7) is 7.01. The molecule has 0 aromatic heterocycles. The zero-order valence-electron chi connectivity index (χ0n) is 15.5. The lowest BCUT2D eigenvalue weighted by atomic mass is 9.92. The molecule has 0 aliphatic carbocycles. The fourth-order valence-corrected chi connectivity index (χ4v) is 2.92. The third kappa shape index (κ3) is 5.74. The molecule has 1 N–H and O–H groups in total. The van der Waals surface area contributed by atoms with Crippen molar-refractivity contribution in [3.63, 3.8) is 0 Å². The highest BCUT2D eigenvalue weighted by molar-refractivity contribution is 5.75. The summed E-state index contributed by atoms with van der Waals surface area (Å²) in [5.41, 5.74) is 0.598. The van der Waals surface area contributed by atoms with Crippen LogP contribution in [0.4, 0.5) is 4.79 Å². The number of carbonyl (C=O) groups is 2. The highest BCUT2D eigenvalue weighted by Gasteiger charge is 2.37. The van der Waals surface area contributed by atoms with Crippen molar-refractivity contribution >= 4 is 12.1 Å². The Kier molecular flexibility index (Phi) is 6.42. The maximum absolute atomic E-state index is 12.3. The number of nitrogens with zero attached hydrogens (tertiary/aromatic N) is 1. The number of methoxy groups -OCH3 is 1. The molecule has 1 fully saturated rings. The van der Waals surface area contributed by atoms with Crippen LogP contribution in [0, 0.1) is 5.92 Å². The molecule has 2 atom stereocenters. The van der Waals surface area contributed by atoms with E-state index in [4.69, 9.17) is 9.47 Å². The molecule has 0 radical (unpaired) electrons. The maximum Gasteiger partial charge on any atom is 0.410 e. The first kappa shape index (κ1) is 19.2. The Morgan fingerprint density at radius 1 is 1.24 bits per heavy atom. The Bertz CT molecular complexity index is 583. The van der Waals surface area contributed by atoms with Gasteiger partial charge in [0.25, 0.3) is 0 Å². The second-order valence-corrected chi connectivity index (χ2v) is 7.32. The molecule has 25 heavy (non-hydrogen) atoms. The Morgan fingerprint density at radius 2 is 1.92 bits per heavy atom. The first-order valence-corrected chi connectivity index (χ1v) is 8.63. The lowest BCUT2D eigenvalue weighted by Gasteiger charge is -2.38. The Balaban J connectivity index is 2.00. The Morgan fingerprint density at radius 3 is 2.52 bits per heavy atom. The van der Waals surface area contributed by atoms with Gasteiger partial charge in [-0.25, -0.2) is 4.79 Å². The molecule has 6 heteroatoms. The predicted octanol–water partition coefficient (Wildman–Crippen LogP) is 2.57. The zero-order valence-corrected chi connectivity index (χ0v) is 15.5. The average Bonchev–Trinajstić information content (AvgIpc) is 2.58. The molecule has 1 saturated heterocycles. The van der Waals surface area contributed by atoms with Gasteiger partial charge in [-0.2, -0.15) is 0 Å². The van der Waals surface area contributed by atoms with Crippen molar-refractivity contribution in [2.75, 3.05) is 20.2 Å². The first-order valence-electron chi connectivity index (χ1n) is 8.63. The van der Waals surface area contributed by atoms with Crippen molar-refractivity contribution in [2.24, 2.45) is 5.92 Å². The number of hydrogen-bond donors (Lipinski definition) is 1. The molecule has 1 aromatic rings. The molecule has 1 aliphatic heterocycles. The molecule has 138 valence electrons. The van der Waals surface area contributed by atoms with E-state index >= 15 is 0 Å². The van der Waals surface area contributed by atoms with Crippen LogP contribution in [-0.2, 0) is 20.8 Å². The topological polar surface area (TPSA) is 67.9 Å². The number of carbonyl (C=O) groups excluding carboxylic acids is 2. The third-order valence-electron chi connectivity index (χ3n) is 4.18. The van der Waals surface area contributed by atoms with Gasteiger partial charge in [-0.15, -0.1) is 0 Å². The summed E-state index contributed by atoms with van der Waals surface area (Å²) in [6.07, 6.45) is 0.286. The van der Waals surface area contributed by atoms with Gasteiger partial charge in [-0.1, -0.05) is 30.3 Å². The lowest BCUT2D eigenvalue weighted by Crippen LogP contribution is -2.54. The van der Waals surface area contributed by atoms with Crippen LogP contribution in [0.2, 0.25) is 0 Å². The van der Waals surface area contributed by atoms with E-state index in [-0.39, 0.29) is 18.1 Å².